The molecule has 0 amide bonds. The lowest BCUT2D eigenvalue weighted by Crippen LogP contribution is -2.44. The SMILES string of the molecule is CN(C1CCN(Cc2nc(C3CC3)no2)CC1)S(C)(=O)=O. The van der Waals surface area contributed by atoms with E-state index in [1.807, 2.05) is 0 Å². The van der Waals surface area contributed by atoms with Gasteiger partial charge in [-0.15, -0.1) is 0 Å². The first kappa shape index (κ1) is 14.9. The number of sulfonamides is 1. The van der Waals surface area contributed by atoms with Crippen LogP contribution in [0.4, 0.5) is 0 Å². The van der Waals surface area contributed by atoms with E-state index in [0.717, 1.165) is 31.8 Å². The summed E-state index contributed by atoms with van der Waals surface area (Å²) in [6.45, 7) is 2.37. The summed E-state index contributed by atoms with van der Waals surface area (Å²) in [6.07, 6.45) is 5.28. The third kappa shape index (κ3) is 3.61. The van der Waals surface area contributed by atoms with E-state index in [1.54, 1.807) is 7.05 Å². The van der Waals surface area contributed by atoms with Gasteiger partial charge >= 0.3 is 0 Å². The number of rotatable bonds is 5. The number of likely N-dealkylation sites (tertiary alicyclic amines) is 1. The van der Waals surface area contributed by atoms with Crippen molar-refractivity contribution in [1.82, 2.24) is 19.3 Å². The lowest BCUT2D eigenvalue weighted by molar-refractivity contribution is 0.149. The molecule has 0 aromatic carbocycles. The van der Waals surface area contributed by atoms with Crippen LogP contribution in [0.2, 0.25) is 0 Å². The molecular formula is C13H22N4O3S. The maximum Gasteiger partial charge on any atom is 0.240 e. The average molecular weight is 314 g/mol. The molecule has 8 heteroatoms. The molecule has 0 unspecified atom stereocenters. The van der Waals surface area contributed by atoms with Crippen molar-refractivity contribution >= 4 is 10.0 Å². The Morgan fingerprint density at radius 3 is 2.52 bits per heavy atom. The summed E-state index contributed by atoms with van der Waals surface area (Å²) in [5, 5.41) is 4.02. The van der Waals surface area contributed by atoms with E-state index in [2.05, 4.69) is 15.0 Å². The van der Waals surface area contributed by atoms with Crippen LogP contribution >= 0.6 is 0 Å². The van der Waals surface area contributed by atoms with Gasteiger partial charge in [-0.1, -0.05) is 5.16 Å². The Morgan fingerprint density at radius 1 is 1.29 bits per heavy atom. The molecule has 0 N–H and O–H groups in total. The Hall–Kier alpha value is -0.990. The van der Waals surface area contributed by atoms with E-state index in [0.29, 0.717) is 18.4 Å². The summed E-state index contributed by atoms with van der Waals surface area (Å²) in [4.78, 5) is 6.68. The molecule has 0 radical (unpaired) electrons. The summed E-state index contributed by atoms with van der Waals surface area (Å²) < 4.78 is 29.9. The Labute approximate surface area is 125 Å². The minimum atomic E-state index is -3.10. The maximum absolute atomic E-state index is 11.6. The fraction of sp³-hybridized carbons (Fsp3) is 0.846. The van der Waals surface area contributed by atoms with Crippen molar-refractivity contribution in [2.75, 3.05) is 26.4 Å². The Morgan fingerprint density at radius 2 is 1.95 bits per heavy atom. The van der Waals surface area contributed by atoms with E-state index in [1.165, 1.54) is 23.4 Å². The highest BCUT2D eigenvalue weighted by atomic mass is 32.2. The molecule has 2 heterocycles. The van der Waals surface area contributed by atoms with Crippen molar-refractivity contribution in [1.29, 1.82) is 0 Å². The lowest BCUT2D eigenvalue weighted by atomic mass is 10.1. The summed E-state index contributed by atoms with van der Waals surface area (Å²) >= 11 is 0. The van der Waals surface area contributed by atoms with Crippen molar-refractivity contribution in [3.8, 4) is 0 Å². The molecule has 1 saturated carbocycles. The molecule has 21 heavy (non-hydrogen) atoms. The van der Waals surface area contributed by atoms with Crippen molar-refractivity contribution < 1.29 is 12.9 Å². The molecule has 2 fully saturated rings. The molecule has 1 aliphatic heterocycles. The van der Waals surface area contributed by atoms with Crippen molar-refractivity contribution in [3.05, 3.63) is 11.7 Å². The molecular weight excluding hydrogens is 292 g/mol. The smallest absolute Gasteiger partial charge is 0.240 e. The summed E-state index contributed by atoms with van der Waals surface area (Å²) in [6, 6.07) is 0.0981. The van der Waals surface area contributed by atoms with Gasteiger partial charge in [0.25, 0.3) is 0 Å². The lowest BCUT2D eigenvalue weighted by Gasteiger charge is -2.34. The Bertz CT molecular complexity index is 588. The van der Waals surface area contributed by atoms with Crippen molar-refractivity contribution in [2.45, 2.75) is 44.2 Å². The standard InChI is InChI=1S/C13H22N4O3S/c1-16(21(2,18)19)11-5-7-17(8-6-11)9-12-14-13(15-20-12)10-3-4-10/h10-11H,3-9H2,1-2H3. The van der Waals surface area contributed by atoms with Crippen LogP contribution in [-0.4, -0.2) is 60.2 Å². The highest BCUT2D eigenvalue weighted by Crippen LogP contribution is 2.38. The van der Waals surface area contributed by atoms with Crippen LogP contribution in [-0.2, 0) is 16.6 Å². The van der Waals surface area contributed by atoms with Gasteiger partial charge < -0.3 is 4.52 Å². The van der Waals surface area contributed by atoms with Crippen LogP contribution in [0.5, 0.6) is 0 Å². The van der Waals surface area contributed by atoms with Gasteiger partial charge in [0, 0.05) is 32.1 Å². The van der Waals surface area contributed by atoms with Crippen LogP contribution in [0.15, 0.2) is 4.52 Å². The first-order chi connectivity index (χ1) is 9.93. The number of piperidine rings is 1. The zero-order valence-corrected chi connectivity index (χ0v) is 13.3. The quantitative estimate of drug-likeness (QED) is 0.800. The minimum Gasteiger partial charge on any atom is -0.338 e. The second-order valence-corrected chi connectivity index (χ2v) is 8.15. The van der Waals surface area contributed by atoms with Gasteiger partial charge in [-0.05, 0) is 25.7 Å². The van der Waals surface area contributed by atoms with Crippen LogP contribution < -0.4 is 0 Å². The van der Waals surface area contributed by atoms with Gasteiger partial charge in [0.05, 0.1) is 12.8 Å². The fourth-order valence-electron chi connectivity index (χ4n) is 2.74. The van der Waals surface area contributed by atoms with Gasteiger partial charge in [0.2, 0.25) is 15.9 Å². The third-order valence-electron chi connectivity index (χ3n) is 4.38. The topological polar surface area (TPSA) is 79.5 Å². The van der Waals surface area contributed by atoms with E-state index < -0.39 is 10.0 Å². The second kappa shape index (κ2) is 5.66. The van der Waals surface area contributed by atoms with Crippen LogP contribution in [0.3, 0.4) is 0 Å². The van der Waals surface area contributed by atoms with Crippen molar-refractivity contribution in [2.24, 2.45) is 0 Å². The van der Waals surface area contributed by atoms with E-state index in [9.17, 15) is 8.42 Å². The first-order valence-corrected chi connectivity index (χ1v) is 9.26. The number of hydrogen-bond donors (Lipinski definition) is 0. The minimum absolute atomic E-state index is 0.0981. The zero-order chi connectivity index (χ0) is 15.0. The predicted molar refractivity (Wildman–Crippen MR) is 77.2 cm³/mol. The number of aromatic nitrogens is 2. The van der Waals surface area contributed by atoms with Crippen LogP contribution in [0, 0.1) is 0 Å². The molecule has 1 aliphatic carbocycles. The number of nitrogens with zero attached hydrogens (tertiary/aromatic N) is 4. The van der Waals surface area contributed by atoms with Gasteiger partial charge in [0.1, 0.15) is 0 Å². The monoisotopic (exact) mass is 314 g/mol. The van der Waals surface area contributed by atoms with Crippen molar-refractivity contribution in [3.63, 3.8) is 0 Å². The highest BCUT2D eigenvalue weighted by molar-refractivity contribution is 7.88. The Balaban J connectivity index is 1.51. The molecule has 1 saturated heterocycles. The van der Waals surface area contributed by atoms with E-state index in [-0.39, 0.29) is 6.04 Å². The molecule has 2 aliphatic rings. The van der Waals surface area contributed by atoms with Crippen LogP contribution in [0.25, 0.3) is 0 Å². The summed E-state index contributed by atoms with van der Waals surface area (Å²) in [5.74, 6) is 2.03. The molecule has 0 atom stereocenters. The molecule has 118 valence electrons. The first-order valence-electron chi connectivity index (χ1n) is 7.41. The largest absolute Gasteiger partial charge is 0.338 e. The zero-order valence-electron chi connectivity index (χ0n) is 12.5. The molecule has 7 nitrogen and oxygen atoms in total. The molecule has 0 spiro atoms. The van der Waals surface area contributed by atoms with E-state index >= 15 is 0 Å². The average Bonchev–Trinajstić information content (AvgIpc) is 3.19. The third-order valence-corrected chi connectivity index (χ3v) is 5.72. The normalized spacial score (nSPS) is 22.0. The highest BCUT2D eigenvalue weighted by Gasteiger charge is 2.30. The van der Waals surface area contributed by atoms with Gasteiger partial charge in [-0.2, -0.15) is 4.98 Å². The molecule has 0 bridgehead atoms. The van der Waals surface area contributed by atoms with Gasteiger partial charge in [0.15, 0.2) is 5.82 Å². The second-order valence-electron chi connectivity index (χ2n) is 6.11. The van der Waals surface area contributed by atoms with Gasteiger partial charge in [-0.25, -0.2) is 12.7 Å². The van der Waals surface area contributed by atoms with Crippen LogP contribution in [0.1, 0.15) is 43.3 Å². The number of hydrogen-bond acceptors (Lipinski definition) is 6. The fourth-order valence-corrected chi connectivity index (χ4v) is 3.50. The Kier molecular flexibility index (Phi) is 4.02. The van der Waals surface area contributed by atoms with E-state index in [4.69, 9.17) is 4.52 Å². The molecule has 1 aromatic heterocycles. The summed E-state index contributed by atoms with van der Waals surface area (Å²) in [7, 11) is -1.44. The molecule has 3 rings (SSSR count). The summed E-state index contributed by atoms with van der Waals surface area (Å²) in [5.41, 5.74) is 0. The predicted octanol–water partition coefficient (Wildman–Crippen LogP) is 0.803. The van der Waals surface area contributed by atoms with Gasteiger partial charge in [-0.3, -0.25) is 4.90 Å². The molecule has 1 aromatic rings. The maximum atomic E-state index is 11.6.